The zero-order chi connectivity index (χ0) is 23.8. The number of nitrogens with zero attached hydrogens (tertiary/aromatic N) is 4. The number of ether oxygens (including phenoxy) is 1. The number of carbonyl (C=O) groups excluding carboxylic acids is 1. The van der Waals surface area contributed by atoms with E-state index in [4.69, 9.17) is 10.5 Å². The fourth-order valence-electron chi connectivity index (χ4n) is 3.79. The van der Waals surface area contributed by atoms with Crippen molar-refractivity contribution >= 4 is 18.3 Å². The van der Waals surface area contributed by atoms with E-state index in [9.17, 15) is 9.18 Å². The van der Waals surface area contributed by atoms with Crippen molar-refractivity contribution in [2.75, 3.05) is 32.8 Å². The Kier molecular flexibility index (Phi) is 8.18. The molecule has 1 aliphatic rings. The van der Waals surface area contributed by atoms with Gasteiger partial charge < -0.3 is 15.8 Å². The van der Waals surface area contributed by atoms with Gasteiger partial charge in [0.25, 0.3) is 0 Å². The lowest BCUT2D eigenvalue weighted by Gasteiger charge is -2.35. The molecule has 1 fully saturated rings. The first-order valence-electron chi connectivity index (χ1n) is 10.9. The summed E-state index contributed by atoms with van der Waals surface area (Å²) in [6.45, 7) is 11.2. The molecule has 0 radical (unpaired) electrons. The predicted octanol–water partition coefficient (Wildman–Crippen LogP) is 1.30. The SMILES string of the molecule is C=NN/C=C(\N)c1cc(Cc2ccc(F)cc2)n(CC(=O)NC(C)(C)CN2CCOCC2)n1. The van der Waals surface area contributed by atoms with Crippen molar-refractivity contribution in [1.29, 1.82) is 0 Å². The quantitative estimate of drug-likeness (QED) is 0.367. The Labute approximate surface area is 193 Å². The van der Waals surface area contributed by atoms with Crippen LogP contribution in [0.4, 0.5) is 4.39 Å². The Hall–Kier alpha value is -3.24. The number of morpholine rings is 1. The highest BCUT2D eigenvalue weighted by Crippen LogP contribution is 2.16. The Morgan fingerprint density at radius 3 is 2.70 bits per heavy atom. The lowest BCUT2D eigenvalue weighted by molar-refractivity contribution is -0.123. The second kappa shape index (κ2) is 11.1. The Morgan fingerprint density at radius 1 is 1.33 bits per heavy atom. The van der Waals surface area contributed by atoms with Gasteiger partial charge in [-0.2, -0.15) is 10.2 Å². The molecule has 178 valence electrons. The summed E-state index contributed by atoms with van der Waals surface area (Å²) in [6, 6.07) is 8.05. The molecule has 0 bridgehead atoms. The summed E-state index contributed by atoms with van der Waals surface area (Å²) in [5.41, 5.74) is 10.8. The number of nitrogens with two attached hydrogens (primary N) is 1. The largest absolute Gasteiger partial charge is 0.396 e. The molecule has 0 unspecified atom stereocenters. The number of hydrogen-bond acceptors (Lipinski definition) is 7. The first-order valence-corrected chi connectivity index (χ1v) is 10.9. The van der Waals surface area contributed by atoms with Crippen LogP contribution in [0.15, 0.2) is 41.6 Å². The number of rotatable bonds is 10. The zero-order valence-corrected chi connectivity index (χ0v) is 19.2. The second-order valence-electron chi connectivity index (χ2n) is 8.69. The normalized spacial score (nSPS) is 15.3. The zero-order valence-electron chi connectivity index (χ0n) is 19.2. The minimum Gasteiger partial charge on any atom is -0.396 e. The van der Waals surface area contributed by atoms with Crippen LogP contribution in [0, 0.1) is 5.82 Å². The third-order valence-corrected chi connectivity index (χ3v) is 5.26. The van der Waals surface area contributed by atoms with Crippen LogP contribution in [0.5, 0.6) is 0 Å². The van der Waals surface area contributed by atoms with E-state index in [1.807, 2.05) is 19.9 Å². The number of halogens is 1. The van der Waals surface area contributed by atoms with Crippen LogP contribution < -0.4 is 16.5 Å². The van der Waals surface area contributed by atoms with Crippen LogP contribution >= 0.6 is 0 Å². The molecule has 1 aromatic carbocycles. The highest BCUT2D eigenvalue weighted by atomic mass is 19.1. The van der Waals surface area contributed by atoms with Crippen LogP contribution in [0.2, 0.25) is 0 Å². The van der Waals surface area contributed by atoms with Gasteiger partial charge in [0, 0.05) is 50.2 Å². The number of carbonyl (C=O) groups is 1. The summed E-state index contributed by atoms with van der Waals surface area (Å²) in [5, 5.41) is 11.2. The Morgan fingerprint density at radius 2 is 2.03 bits per heavy atom. The summed E-state index contributed by atoms with van der Waals surface area (Å²) in [4.78, 5) is 15.2. The molecule has 2 heterocycles. The van der Waals surface area contributed by atoms with Gasteiger partial charge in [0.05, 0.1) is 18.9 Å². The molecule has 1 aromatic heterocycles. The number of aromatic nitrogens is 2. The van der Waals surface area contributed by atoms with E-state index < -0.39 is 5.54 Å². The van der Waals surface area contributed by atoms with Gasteiger partial charge in [0.1, 0.15) is 18.1 Å². The van der Waals surface area contributed by atoms with Gasteiger partial charge in [-0.1, -0.05) is 12.1 Å². The van der Waals surface area contributed by atoms with E-state index in [0.717, 1.165) is 30.9 Å². The fourth-order valence-corrected chi connectivity index (χ4v) is 3.79. The topological polar surface area (TPSA) is 110 Å². The summed E-state index contributed by atoms with van der Waals surface area (Å²) in [7, 11) is 0. The molecule has 1 aliphatic heterocycles. The maximum atomic E-state index is 13.3. The minimum atomic E-state index is -0.417. The van der Waals surface area contributed by atoms with Gasteiger partial charge in [-0.3, -0.25) is 19.8 Å². The standard InChI is InChI=1S/C23H32FN7O2/c1-23(2,16-30-8-10-33-11-9-30)28-22(32)15-31-19(12-17-4-6-18(24)7-5-17)13-21(29-31)20(25)14-27-26-3/h4-7,13-14,27H,3,8-12,15-16,25H2,1-2H3,(H,28,32)/b20-14-. The van der Waals surface area contributed by atoms with E-state index in [1.165, 1.54) is 18.3 Å². The number of hydrogen-bond donors (Lipinski definition) is 3. The van der Waals surface area contributed by atoms with Gasteiger partial charge >= 0.3 is 0 Å². The van der Waals surface area contributed by atoms with Gasteiger partial charge in [-0.15, -0.1) is 0 Å². The molecule has 3 rings (SSSR count). The van der Waals surface area contributed by atoms with E-state index >= 15 is 0 Å². The van der Waals surface area contributed by atoms with E-state index in [-0.39, 0.29) is 18.3 Å². The van der Waals surface area contributed by atoms with Crippen LogP contribution in [0.3, 0.4) is 0 Å². The minimum absolute atomic E-state index is 0.0312. The number of benzene rings is 1. The summed E-state index contributed by atoms with van der Waals surface area (Å²) in [5.74, 6) is -0.457. The summed E-state index contributed by atoms with van der Waals surface area (Å²) in [6.07, 6.45) is 1.95. The van der Waals surface area contributed by atoms with Gasteiger partial charge in [-0.25, -0.2) is 4.39 Å². The van der Waals surface area contributed by atoms with Crippen LogP contribution in [0.1, 0.15) is 30.8 Å². The molecule has 9 nitrogen and oxygen atoms in total. The summed E-state index contributed by atoms with van der Waals surface area (Å²) < 4.78 is 20.3. The van der Waals surface area contributed by atoms with E-state index in [1.54, 1.807) is 16.8 Å². The van der Waals surface area contributed by atoms with Crippen LogP contribution in [-0.2, 0) is 22.5 Å². The molecular weight excluding hydrogens is 425 g/mol. The average Bonchev–Trinajstić information content (AvgIpc) is 3.15. The predicted molar refractivity (Wildman–Crippen MR) is 126 cm³/mol. The van der Waals surface area contributed by atoms with Crippen molar-refractivity contribution in [1.82, 2.24) is 25.4 Å². The summed E-state index contributed by atoms with van der Waals surface area (Å²) >= 11 is 0. The molecule has 1 saturated heterocycles. The lowest BCUT2D eigenvalue weighted by Crippen LogP contribution is -2.54. The first-order chi connectivity index (χ1) is 15.8. The number of nitrogens with one attached hydrogen (secondary N) is 2. The van der Waals surface area contributed by atoms with Gasteiger partial charge in [0.2, 0.25) is 5.91 Å². The molecule has 0 aliphatic carbocycles. The molecule has 0 spiro atoms. The van der Waals surface area contributed by atoms with Crippen molar-refractivity contribution in [2.24, 2.45) is 10.8 Å². The molecule has 2 aromatic rings. The third-order valence-electron chi connectivity index (χ3n) is 5.26. The first kappa shape index (κ1) is 24.4. The Balaban J connectivity index is 1.74. The average molecular weight is 458 g/mol. The monoisotopic (exact) mass is 457 g/mol. The highest BCUT2D eigenvalue weighted by molar-refractivity contribution is 5.76. The molecule has 4 N–H and O–H groups in total. The molecule has 0 saturated carbocycles. The smallest absolute Gasteiger partial charge is 0.242 e. The van der Waals surface area contributed by atoms with Crippen molar-refractivity contribution in [3.8, 4) is 0 Å². The van der Waals surface area contributed by atoms with Gasteiger partial charge in [0.15, 0.2) is 0 Å². The van der Waals surface area contributed by atoms with Crippen LogP contribution in [-0.4, -0.2) is 65.7 Å². The Bertz CT molecular complexity index is 979. The van der Waals surface area contributed by atoms with E-state index in [2.05, 4.69) is 32.6 Å². The fraction of sp³-hybridized carbons (Fsp3) is 0.435. The molecule has 10 heteroatoms. The van der Waals surface area contributed by atoms with Crippen molar-refractivity contribution < 1.29 is 13.9 Å². The number of hydrazone groups is 1. The number of amides is 1. The molecule has 33 heavy (non-hydrogen) atoms. The van der Waals surface area contributed by atoms with Crippen molar-refractivity contribution in [2.45, 2.75) is 32.4 Å². The van der Waals surface area contributed by atoms with Crippen LogP contribution in [0.25, 0.3) is 5.70 Å². The molecular formula is C23H32FN7O2. The van der Waals surface area contributed by atoms with Crippen molar-refractivity contribution in [3.63, 3.8) is 0 Å². The highest BCUT2D eigenvalue weighted by Gasteiger charge is 2.25. The van der Waals surface area contributed by atoms with E-state index in [0.29, 0.717) is 31.0 Å². The third kappa shape index (κ3) is 7.40. The maximum Gasteiger partial charge on any atom is 0.242 e. The maximum absolute atomic E-state index is 13.3. The van der Waals surface area contributed by atoms with Crippen molar-refractivity contribution in [3.05, 3.63) is 59.3 Å². The lowest BCUT2D eigenvalue weighted by atomic mass is 10.0. The molecule has 1 amide bonds. The second-order valence-corrected chi connectivity index (χ2v) is 8.69. The molecule has 0 atom stereocenters. The van der Waals surface area contributed by atoms with Gasteiger partial charge in [-0.05, 0) is 37.6 Å².